The van der Waals surface area contributed by atoms with Gasteiger partial charge in [0.15, 0.2) is 0 Å². The largest absolute Gasteiger partial charge is 0.444 e. The van der Waals surface area contributed by atoms with Gasteiger partial charge < -0.3 is 14.7 Å². The standard InChI is InChI=1S/C13H25NO3/c1-5-6-10-9-14(8-7-11(10)15)12(16)17-13(2,3)4/h10-11,15H,5-9H2,1-4H3. The van der Waals surface area contributed by atoms with Crippen LogP contribution in [0.25, 0.3) is 0 Å². The van der Waals surface area contributed by atoms with Crippen molar-refractivity contribution < 1.29 is 14.6 Å². The van der Waals surface area contributed by atoms with E-state index in [0.717, 1.165) is 12.8 Å². The fraction of sp³-hybridized carbons (Fsp3) is 0.923. The van der Waals surface area contributed by atoms with E-state index in [0.29, 0.717) is 19.5 Å². The molecule has 0 radical (unpaired) electrons. The van der Waals surface area contributed by atoms with Crippen LogP contribution in [0.15, 0.2) is 0 Å². The summed E-state index contributed by atoms with van der Waals surface area (Å²) in [4.78, 5) is 13.6. The molecule has 0 aliphatic carbocycles. The Morgan fingerprint density at radius 3 is 2.65 bits per heavy atom. The lowest BCUT2D eigenvalue weighted by Gasteiger charge is -2.36. The molecule has 0 aromatic heterocycles. The zero-order valence-electron chi connectivity index (χ0n) is 11.4. The minimum Gasteiger partial charge on any atom is -0.444 e. The van der Waals surface area contributed by atoms with Gasteiger partial charge in [-0.15, -0.1) is 0 Å². The van der Waals surface area contributed by atoms with Crippen molar-refractivity contribution >= 4 is 6.09 Å². The number of rotatable bonds is 2. The Hall–Kier alpha value is -0.770. The topological polar surface area (TPSA) is 49.8 Å². The van der Waals surface area contributed by atoms with Crippen molar-refractivity contribution in [2.24, 2.45) is 5.92 Å². The number of ether oxygens (including phenoxy) is 1. The molecule has 1 rings (SSSR count). The van der Waals surface area contributed by atoms with Gasteiger partial charge in [-0.1, -0.05) is 13.3 Å². The highest BCUT2D eigenvalue weighted by Gasteiger charge is 2.31. The minimum atomic E-state index is -0.451. The van der Waals surface area contributed by atoms with Crippen molar-refractivity contribution in [2.75, 3.05) is 13.1 Å². The van der Waals surface area contributed by atoms with E-state index in [2.05, 4.69) is 6.92 Å². The summed E-state index contributed by atoms with van der Waals surface area (Å²) < 4.78 is 5.34. The minimum absolute atomic E-state index is 0.196. The summed E-state index contributed by atoms with van der Waals surface area (Å²) in [5, 5.41) is 9.85. The monoisotopic (exact) mass is 243 g/mol. The third-order valence-electron chi connectivity index (χ3n) is 3.00. The van der Waals surface area contributed by atoms with E-state index in [-0.39, 0.29) is 18.1 Å². The van der Waals surface area contributed by atoms with Gasteiger partial charge in [0.25, 0.3) is 0 Å². The average Bonchev–Trinajstić information content (AvgIpc) is 2.19. The van der Waals surface area contributed by atoms with Gasteiger partial charge in [0.05, 0.1) is 6.10 Å². The third-order valence-corrected chi connectivity index (χ3v) is 3.00. The van der Waals surface area contributed by atoms with Gasteiger partial charge in [0.1, 0.15) is 5.60 Å². The maximum Gasteiger partial charge on any atom is 0.410 e. The molecule has 0 bridgehead atoms. The lowest BCUT2D eigenvalue weighted by Crippen LogP contribution is -2.47. The summed E-state index contributed by atoms with van der Waals surface area (Å²) in [5.74, 6) is 0.196. The Kier molecular flexibility index (Phi) is 4.80. The first-order valence-electron chi connectivity index (χ1n) is 6.49. The zero-order chi connectivity index (χ0) is 13.1. The van der Waals surface area contributed by atoms with Gasteiger partial charge in [-0.05, 0) is 33.6 Å². The van der Waals surface area contributed by atoms with Crippen LogP contribution in [0.4, 0.5) is 4.79 Å². The highest BCUT2D eigenvalue weighted by molar-refractivity contribution is 5.68. The predicted molar refractivity (Wildman–Crippen MR) is 66.8 cm³/mol. The number of likely N-dealkylation sites (tertiary alicyclic amines) is 1. The van der Waals surface area contributed by atoms with Crippen molar-refractivity contribution in [3.8, 4) is 0 Å². The van der Waals surface area contributed by atoms with E-state index < -0.39 is 5.60 Å². The highest BCUT2D eigenvalue weighted by atomic mass is 16.6. The molecule has 0 saturated carbocycles. The Morgan fingerprint density at radius 1 is 1.47 bits per heavy atom. The number of carbonyl (C=O) groups excluding carboxylic acids is 1. The van der Waals surface area contributed by atoms with Crippen molar-refractivity contribution in [3.63, 3.8) is 0 Å². The highest BCUT2D eigenvalue weighted by Crippen LogP contribution is 2.23. The zero-order valence-corrected chi connectivity index (χ0v) is 11.4. The van der Waals surface area contributed by atoms with E-state index in [1.165, 1.54) is 0 Å². The van der Waals surface area contributed by atoms with Crippen LogP contribution in [-0.2, 0) is 4.74 Å². The third kappa shape index (κ3) is 4.54. The van der Waals surface area contributed by atoms with Crippen LogP contribution >= 0.6 is 0 Å². The Labute approximate surface area is 104 Å². The Bertz CT molecular complexity index is 260. The van der Waals surface area contributed by atoms with Crippen LogP contribution in [0, 0.1) is 5.92 Å². The summed E-state index contributed by atoms with van der Waals surface area (Å²) in [6, 6.07) is 0. The molecule has 0 aromatic rings. The van der Waals surface area contributed by atoms with Gasteiger partial charge >= 0.3 is 6.09 Å². The lowest BCUT2D eigenvalue weighted by molar-refractivity contribution is -0.0100. The van der Waals surface area contributed by atoms with Crippen molar-refractivity contribution in [2.45, 2.75) is 58.7 Å². The number of aliphatic hydroxyl groups excluding tert-OH is 1. The maximum atomic E-state index is 11.9. The van der Waals surface area contributed by atoms with E-state index in [4.69, 9.17) is 4.74 Å². The summed E-state index contributed by atoms with van der Waals surface area (Å²) in [6.45, 7) is 8.91. The van der Waals surface area contributed by atoms with E-state index in [9.17, 15) is 9.90 Å². The van der Waals surface area contributed by atoms with Gasteiger partial charge in [0.2, 0.25) is 0 Å². The summed E-state index contributed by atoms with van der Waals surface area (Å²) in [5.41, 5.74) is -0.451. The first-order chi connectivity index (χ1) is 7.83. The SMILES string of the molecule is CCCC1CN(C(=O)OC(C)(C)C)CCC1O. The smallest absolute Gasteiger partial charge is 0.410 e. The number of hydrogen-bond donors (Lipinski definition) is 1. The van der Waals surface area contributed by atoms with E-state index in [1.54, 1.807) is 4.90 Å². The van der Waals surface area contributed by atoms with Crippen LogP contribution in [0.1, 0.15) is 47.0 Å². The van der Waals surface area contributed by atoms with E-state index in [1.807, 2.05) is 20.8 Å². The second-order valence-corrected chi connectivity index (χ2v) is 5.83. The average molecular weight is 243 g/mol. The van der Waals surface area contributed by atoms with Crippen LogP contribution in [-0.4, -0.2) is 40.9 Å². The first-order valence-corrected chi connectivity index (χ1v) is 6.49. The van der Waals surface area contributed by atoms with Crippen molar-refractivity contribution in [1.29, 1.82) is 0 Å². The van der Waals surface area contributed by atoms with Crippen LogP contribution < -0.4 is 0 Å². The molecule has 1 amide bonds. The molecule has 4 heteroatoms. The molecule has 4 nitrogen and oxygen atoms in total. The Morgan fingerprint density at radius 2 is 2.12 bits per heavy atom. The molecule has 0 aromatic carbocycles. The number of amides is 1. The number of carbonyl (C=O) groups is 1. The number of piperidine rings is 1. The molecule has 2 unspecified atom stereocenters. The maximum absolute atomic E-state index is 11.9. The molecule has 100 valence electrons. The first kappa shape index (κ1) is 14.3. The predicted octanol–water partition coefficient (Wildman–Crippen LogP) is 2.40. The van der Waals surface area contributed by atoms with Crippen molar-refractivity contribution in [1.82, 2.24) is 4.90 Å². The van der Waals surface area contributed by atoms with Crippen LogP contribution in [0.2, 0.25) is 0 Å². The summed E-state index contributed by atoms with van der Waals surface area (Å²) in [7, 11) is 0. The molecule has 1 heterocycles. The fourth-order valence-electron chi connectivity index (χ4n) is 2.17. The molecule has 1 aliphatic heterocycles. The molecule has 17 heavy (non-hydrogen) atoms. The quantitative estimate of drug-likeness (QED) is 0.810. The molecule has 2 atom stereocenters. The second kappa shape index (κ2) is 5.71. The second-order valence-electron chi connectivity index (χ2n) is 5.83. The normalized spacial score (nSPS) is 25.8. The molecular formula is C13H25NO3. The van der Waals surface area contributed by atoms with Gasteiger partial charge in [-0.3, -0.25) is 0 Å². The summed E-state index contributed by atoms with van der Waals surface area (Å²) >= 11 is 0. The van der Waals surface area contributed by atoms with Crippen molar-refractivity contribution in [3.05, 3.63) is 0 Å². The molecule has 1 aliphatic rings. The summed E-state index contributed by atoms with van der Waals surface area (Å²) in [6.07, 6.45) is 2.12. The molecule has 1 fully saturated rings. The van der Waals surface area contributed by atoms with Gasteiger partial charge in [-0.2, -0.15) is 0 Å². The molecule has 1 N–H and O–H groups in total. The molecular weight excluding hydrogens is 218 g/mol. The van der Waals surface area contributed by atoms with Crippen LogP contribution in [0.5, 0.6) is 0 Å². The Balaban J connectivity index is 2.52. The number of hydrogen-bond acceptors (Lipinski definition) is 3. The van der Waals surface area contributed by atoms with Crippen LogP contribution in [0.3, 0.4) is 0 Å². The lowest BCUT2D eigenvalue weighted by atomic mass is 9.91. The van der Waals surface area contributed by atoms with E-state index >= 15 is 0 Å². The fourth-order valence-corrected chi connectivity index (χ4v) is 2.17. The number of aliphatic hydroxyl groups is 1. The molecule has 1 saturated heterocycles. The van der Waals surface area contributed by atoms with Gasteiger partial charge in [0, 0.05) is 19.0 Å². The van der Waals surface area contributed by atoms with Gasteiger partial charge in [-0.25, -0.2) is 4.79 Å². The molecule has 0 spiro atoms. The number of nitrogens with zero attached hydrogens (tertiary/aromatic N) is 1.